The lowest BCUT2D eigenvalue weighted by Gasteiger charge is -2.13. The van der Waals surface area contributed by atoms with E-state index in [1.807, 2.05) is 6.92 Å². The third-order valence-electron chi connectivity index (χ3n) is 3.14. The first-order valence-corrected chi connectivity index (χ1v) is 7.75. The Kier molecular flexibility index (Phi) is 5.37. The van der Waals surface area contributed by atoms with Gasteiger partial charge in [-0.05, 0) is 25.8 Å². The molecule has 0 aliphatic heterocycles. The molecule has 0 aliphatic rings. The van der Waals surface area contributed by atoms with E-state index in [1.165, 1.54) is 0 Å². The van der Waals surface area contributed by atoms with Gasteiger partial charge in [0.05, 0.1) is 10.0 Å². The summed E-state index contributed by atoms with van der Waals surface area (Å²) in [6.07, 6.45) is 3.41. The first kappa shape index (κ1) is 16.0. The highest BCUT2D eigenvalue weighted by Gasteiger charge is 2.14. The lowest BCUT2D eigenvalue weighted by atomic mass is 10.2. The minimum atomic E-state index is 0.454. The van der Waals surface area contributed by atoms with Crippen LogP contribution in [0.4, 0.5) is 5.82 Å². The summed E-state index contributed by atoms with van der Waals surface area (Å²) in [7, 11) is 0. The molecule has 112 valence electrons. The molecule has 0 saturated heterocycles. The molecule has 0 fully saturated rings. The maximum absolute atomic E-state index is 6.21. The van der Waals surface area contributed by atoms with Gasteiger partial charge < -0.3 is 5.32 Å². The second-order valence-corrected chi connectivity index (χ2v) is 5.58. The van der Waals surface area contributed by atoms with Crippen molar-refractivity contribution < 1.29 is 0 Å². The van der Waals surface area contributed by atoms with Crippen molar-refractivity contribution >= 4 is 29.0 Å². The topological polar surface area (TPSA) is 50.7 Å². The van der Waals surface area contributed by atoms with Gasteiger partial charge in [0.15, 0.2) is 5.82 Å². The van der Waals surface area contributed by atoms with E-state index >= 15 is 0 Å². The Morgan fingerprint density at radius 1 is 1.19 bits per heavy atom. The van der Waals surface area contributed by atoms with Crippen LogP contribution in [0, 0.1) is 6.92 Å². The Labute approximate surface area is 134 Å². The standard InChI is InChI=1S/C15H18Cl2N4/c1-4-6-18-14-9(3)12(5-2)20-15(21-14)13-11(17)7-10(16)8-19-13/h7-8H,4-6H2,1-3H3,(H,18,20,21). The van der Waals surface area contributed by atoms with Gasteiger partial charge in [0.25, 0.3) is 0 Å². The van der Waals surface area contributed by atoms with Gasteiger partial charge in [-0.15, -0.1) is 0 Å². The van der Waals surface area contributed by atoms with Gasteiger partial charge >= 0.3 is 0 Å². The number of rotatable bonds is 5. The van der Waals surface area contributed by atoms with Crippen LogP contribution in [0.1, 0.15) is 31.5 Å². The van der Waals surface area contributed by atoms with Crippen LogP contribution < -0.4 is 5.32 Å². The van der Waals surface area contributed by atoms with Gasteiger partial charge in [-0.25, -0.2) is 15.0 Å². The number of aromatic nitrogens is 3. The van der Waals surface area contributed by atoms with Crippen molar-refractivity contribution in [2.24, 2.45) is 0 Å². The van der Waals surface area contributed by atoms with Gasteiger partial charge in [0.2, 0.25) is 0 Å². The molecule has 1 N–H and O–H groups in total. The molecule has 0 spiro atoms. The zero-order valence-corrected chi connectivity index (χ0v) is 13.9. The zero-order valence-electron chi connectivity index (χ0n) is 12.4. The van der Waals surface area contributed by atoms with E-state index in [-0.39, 0.29) is 0 Å². The highest BCUT2D eigenvalue weighted by molar-refractivity contribution is 6.35. The molecular weight excluding hydrogens is 307 g/mol. The quantitative estimate of drug-likeness (QED) is 0.877. The van der Waals surface area contributed by atoms with E-state index in [1.54, 1.807) is 12.3 Å². The molecule has 2 aromatic rings. The fraction of sp³-hybridized carbons (Fsp3) is 0.400. The lowest BCUT2D eigenvalue weighted by molar-refractivity contribution is 0.933. The van der Waals surface area contributed by atoms with Crippen molar-refractivity contribution in [3.05, 3.63) is 33.6 Å². The molecule has 2 rings (SSSR count). The number of hydrogen-bond acceptors (Lipinski definition) is 4. The summed E-state index contributed by atoms with van der Waals surface area (Å²) >= 11 is 12.1. The third kappa shape index (κ3) is 3.63. The largest absolute Gasteiger partial charge is 0.370 e. The van der Waals surface area contributed by atoms with Gasteiger partial charge in [0, 0.05) is 24.0 Å². The highest BCUT2D eigenvalue weighted by atomic mass is 35.5. The predicted molar refractivity (Wildman–Crippen MR) is 88.2 cm³/mol. The van der Waals surface area contributed by atoms with Crippen molar-refractivity contribution in [1.29, 1.82) is 0 Å². The van der Waals surface area contributed by atoms with Crippen molar-refractivity contribution in [3.8, 4) is 11.5 Å². The van der Waals surface area contributed by atoms with Crippen LogP contribution in [-0.4, -0.2) is 21.5 Å². The van der Waals surface area contributed by atoms with Crippen molar-refractivity contribution in [1.82, 2.24) is 15.0 Å². The summed E-state index contributed by atoms with van der Waals surface area (Å²) in [6, 6.07) is 1.65. The highest BCUT2D eigenvalue weighted by Crippen LogP contribution is 2.28. The maximum Gasteiger partial charge on any atom is 0.181 e. The summed E-state index contributed by atoms with van der Waals surface area (Å²) < 4.78 is 0. The van der Waals surface area contributed by atoms with Crippen LogP contribution in [0.5, 0.6) is 0 Å². The molecule has 0 unspecified atom stereocenters. The smallest absolute Gasteiger partial charge is 0.181 e. The molecule has 0 bridgehead atoms. The lowest BCUT2D eigenvalue weighted by Crippen LogP contribution is -2.09. The van der Waals surface area contributed by atoms with Gasteiger partial charge in [-0.3, -0.25) is 0 Å². The molecule has 2 heterocycles. The van der Waals surface area contributed by atoms with Crippen LogP contribution >= 0.6 is 23.2 Å². The van der Waals surface area contributed by atoms with E-state index in [0.717, 1.165) is 36.5 Å². The van der Waals surface area contributed by atoms with Crippen molar-refractivity contribution in [2.75, 3.05) is 11.9 Å². The number of halogens is 2. The zero-order chi connectivity index (χ0) is 15.4. The van der Waals surface area contributed by atoms with E-state index in [9.17, 15) is 0 Å². The van der Waals surface area contributed by atoms with Crippen molar-refractivity contribution in [3.63, 3.8) is 0 Å². The number of nitrogens with one attached hydrogen (secondary N) is 1. The Morgan fingerprint density at radius 2 is 1.95 bits per heavy atom. The molecule has 0 radical (unpaired) electrons. The number of aryl methyl sites for hydroxylation is 1. The van der Waals surface area contributed by atoms with Gasteiger partial charge in [0.1, 0.15) is 11.5 Å². The summed E-state index contributed by atoms with van der Waals surface area (Å²) in [4.78, 5) is 13.4. The molecule has 0 aromatic carbocycles. The van der Waals surface area contributed by atoms with Crippen LogP contribution in [0.2, 0.25) is 10.0 Å². The molecule has 0 amide bonds. The minimum Gasteiger partial charge on any atom is -0.370 e. The maximum atomic E-state index is 6.21. The molecule has 2 aromatic heterocycles. The average molecular weight is 325 g/mol. The van der Waals surface area contributed by atoms with Crippen LogP contribution in [-0.2, 0) is 6.42 Å². The normalized spacial score (nSPS) is 10.7. The van der Waals surface area contributed by atoms with E-state index in [2.05, 4.69) is 34.1 Å². The number of pyridine rings is 1. The Balaban J connectivity index is 2.52. The molecule has 0 atom stereocenters. The second-order valence-electron chi connectivity index (χ2n) is 4.73. The third-order valence-corrected chi connectivity index (χ3v) is 3.64. The summed E-state index contributed by atoms with van der Waals surface area (Å²) in [6.45, 7) is 7.07. The molecule has 21 heavy (non-hydrogen) atoms. The molecule has 6 heteroatoms. The van der Waals surface area contributed by atoms with Gasteiger partial charge in [-0.2, -0.15) is 0 Å². The first-order valence-electron chi connectivity index (χ1n) is 6.99. The van der Waals surface area contributed by atoms with Crippen LogP contribution in [0.25, 0.3) is 11.5 Å². The first-order chi connectivity index (χ1) is 10.1. The minimum absolute atomic E-state index is 0.454. The Morgan fingerprint density at radius 3 is 2.57 bits per heavy atom. The predicted octanol–water partition coefficient (Wildman–Crippen LogP) is 4.54. The average Bonchev–Trinajstić information content (AvgIpc) is 2.46. The fourth-order valence-corrected chi connectivity index (χ4v) is 2.47. The number of hydrogen-bond donors (Lipinski definition) is 1. The number of anilines is 1. The molecule has 0 saturated carbocycles. The Hall–Kier alpha value is -1.39. The Bertz CT molecular complexity index is 644. The monoisotopic (exact) mass is 324 g/mol. The second kappa shape index (κ2) is 7.05. The van der Waals surface area contributed by atoms with E-state index < -0.39 is 0 Å². The molecular formula is C15H18Cl2N4. The summed E-state index contributed by atoms with van der Waals surface area (Å²) in [5.41, 5.74) is 2.61. The van der Waals surface area contributed by atoms with Gasteiger partial charge in [-0.1, -0.05) is 37.0 Å². The summed E-state index contributed by atoms with van der Waals surface area (Å²) in [5.74, 6) is 1.37. The summed E-state index contributed by atoms with van der Waals surface area (Å²) in [5, 5.41) is 4.28. The van der Waals surface area contributed by atoms with E-state index in [4.69, 9.17) is 23.2 Å². The molecule has 0 aliphatic carbocycles. The van der Waals surface area contributed by atoms with E-state index in [0.29, 0.717) is 21.6 Å². The van der Waals surface area contributed by atoms with Crippen LogP contribution in [0.3, 0.4) is 0 Å². The SMILES string of the molecule is CCCNc1nc(-c2ncc(Cl)cc2Cl)nc(CC)c1C. The fourth-order valence-electron chi connectivity index (χ4n) is 2.01. The van der Waals surface area contributed by atoms with Crippen LogP contribution in [0.15, 0.2) is 12.3 Å². The molecule has 4 nitrogen and oxygen atoms in total. The number of nitrogens with zero attached hydrogens (tertiary/aromatic N) is 3. The van der Waals surface area contributed by atoms with Crippen molar-refractivity contribution in [2.45, 2.75) is 33.6 Å².